The zero-order valence-electron chi connectivity index (χ0n) is 17.2. The van der Waals surface area contributed by atoms with Crippen molar-refractivity contribution in [2.75, 3.05) is 6.54 Å². The smallest absolute Gasteiger partial charge is 0.243 e. The summed E-state index contributed by atoms with van der Waals surface area (Å²) >= 11 is 0. The molecule has 5 nitrogen and oxygen atoms in total. The zero-order valence-corrected chi connectivity index (χ0v) is 18.0. The van der Waals surface area contributed by atoms with Crippen LogP contribution >= 0.6 is 0 Å². The predicted molar refractivity (Wildman–Crippen MR) is 118 cm³/mol. The first-order valence-corrected chi connectivity index (χ1v) is 11.2. The zero-order chi connectivity index (χ0) is 21.6. The third-order valence-corrected chi connectivity index (χ3v) is 6.56. The maximum atomic E-state index is 13.3. The largest absolute Gasteiger partial charge is 0.351 e. The first-order chi connectivity index (χ1) is 14.3. The molecule has 3 rings (SSSR count). The lowest BCUT2D eigenvalue weighted by atomic mass is 10.1. The number of nitrogens with one attached hydrogen (secondary N) is 1. The average molecular weight is 423 g/mol. The molecule has 0 bridgehead atoms. The summed E-state index contributed by atoms with van der Waals surface area (Å²) < 4.78 is 27.8. The summed E-state index contributed by atoms with van der Waals surface area (Å²) in [7, 11) is -3.83. The van der Waals surface area contributed by atoms with Gasteiger partial charge in [0.2, 0.25) is 15.9 Å². The van der Waals surface area contributed by atoms with E-state index < -0.39 is 10.0 Å². The molecular weight excluding hydrogens is 396 g/mol. The van der Waals surface area contributed by atoms with Gasteiger partial charge in [-0.25, -0.2) is 8.42 Å². The topological polar surface area (TPSA) is 66.5 Å². The predicted octanol–water partition coefficient (Wildman–Crippen LogP) is 3.81. The molecule has 0 saturated heterocycles. The van der Waals surface area contributed by atoms with E-state index in [0.29, 0.717) is 6.54 Å². The van der Waals surface area contributed by atoms with Gasteiger partial charge in [0.05, 0.1) is 11.4 Å². The van der Waals surface area contributed by atoms with Gasteiger partial charge in [0.1, 0.15) is 0 Å². The number of aryl methyl sites for hydroxylation is 2. The monoisotopic (exact) mass is 422 g/mol. The molecule has 0 spiro atoms. The van der Waals surface area contributed by atoms with Crippen molar-refractivity contribution >= 4 is 15.9 Å². The second-order valence-corrected chi connectivity index (χ2v) is 9.28. The van der Waals surface area contributed by atoms with E-state index in [0.717, 1.165) is 22.3 Å². The molecule has 0 unspecified atom stereocenters. The van der Waals surface area contributed by atoms with Gasteiger partial charge in [0.15, 0.2) is 0 Å². The lowest BCUT2D eigenvalue weighted by molar-refractivity contribution is -0.121. The molecule has 0 radical (unpaired) electrons. The van der Waals surface area contributed by atoms with E-state index in [1.54, 1.807) is 24.3 Å². The number of benzene rings is 3. The Morgan fingerprint density at radius 2 is 1.50 bits per heavy atom. The molecule has 6 heteroatoms. The van der Waals surface area contributed by atoms with Gasteiger partial charge < -0.3 is 5.32 Å². The van der Waals surface area contributed by atoms with E-state index in [1.165, 1.54) is 4.31 Å². The van der Waals surface area contributed by atoms with Crippen LogP contribution in [0, 0.1) is 13.8 Å². The Morgan fingerprint density at radius 3 is 2.17 bits per heavy atom. The fraction of sp³-hybridized carbons (Fsp3) is 0.208. The van der Waals surface area contributed by atoms with Crippen molar-refractivity contribution in [2.24, 2.45) is 0 Å². The van der Waals surface area contributed by atoms with E-state index in [-0.39, 0.29) is 23.9 Å². The Morgan fingerprint density at radius 1 is 0.833 bits per heavy atom. The average Bonchev–Trinajstić information content (AvgIpc) is 2.73. The number of sulfonamides is 1. The van der Waals surface area contributed by atoms with Crippen molar-refractivity contribution in [1.29, 1.82) is 0 Å². The summed E-state index contributed by atoms with van der Waals surface area (Å²) in [5.41, 5.74) is 3.80. The molecule has 0 atom stereocenters. The third-order valence-electron chi connectivity index (χ3n) is 4.75. The van der Waals surface area contributed by atoms with Crippen LogP contribution in [0.15, 0.2) is 83.8 Å². The minimum atomic E-state index is -3.83. The SMILES string of the molecule is Cc1ccc(S(=O)(=O)N(CC(=O)NCc2ccccc2)Cc2cccc(C)c2)cc1. The van der Waals surface area contributed by atoms with E-state index >= 15 is 0 Å². The van der Waals surface area contributed by atoms with Gasteiger partial charge in [-0.2, -0.15) is 4.31 Å². The van der Waals surface area contributed by atoms with Crippen LogP contribution in [0.4, 0.5) is 0 Å². The molecular formula is C24H26N2O3S. The second kappa shape index (κ2) is 9.69. The fourth-order valence-corrected chi connectivity index (χ4v) is 4.50. The van der Waals surface area contributed by atoms with E-state index in [4.69, 9.17) is 0 Å². The highest BCUT2D eigenvalue weighted by Crippen LogP contribution is 2.19. The highest BCUT2D eigenvalue weighted by atomic mass is 32.2. The van der Waals surface area contributed by atoms with E-state index in [1.807, 2.05) is 68.4 Å². The molecule has 0 heterocycles. The molecule has 1 N–H and O–H groups in total. The fourth-order valence-electron chi connectivity index (χ4n) is 3.11. The van der Waals surface area contributed by atoms with E-state index in [9.17, 15) is 13.2 Å². The number of rotatable bonds is 8. The van der Waals surface area contributed by atoms with Gasteiger partial charge >= 0.3 is 0 Å². The van der Waals surface area contributed by atoms with Crippen molar-refractivity contribution in [2.45, 2.75) is 31.8 Å². The maximum absolute atomic E-state index is 13.3. The highest BCUT2D eigenvalue weighted by Gasteiger charge is 2.27. The van der Waals surface area contributed by atoms with Gasteiger partial charge in [-0.3, -0.25) is 4.79 Å². The lowest BCUT2D eigenvalue weighted by Gasteiger charge is -2.22. The van der Waals surface area contributed by atoms with Crippen LogP contribution in [0.25, 0.3) is 0 Å². The summed E-state index contributed by atoms with van der Waals surface area (Å²) in [6, 6.07) is 23.8. The Balaban J connectivity index is 1.81. The minimum absolute atomic E-state index is 0.122. The summed E-state index contributed by atoms with van der Waals surface area (Å²) in [6.45, 7) is 4.07. The molecule has 1 amide bonds. The van der Waals surface area contributed by atoms with Crippen LogP contribution in [-0.2, 0) is 27.9 Å². The van der Waals surface area contributed by atoms with Gasteiger partial charge in [-0.15, -0.1) is 0 Å². The summed E-state index contributed by atoms with van der Waals surface area (Å²) in [4.78, 5) is 12.8. The molecule has 0 aromatic heterocycles. The molecule has 0 fully saturated rings. The van der Waals surface area contributed by atoms with Gasteiger partial charge in [-0.1, -0.05) is 77.9 Å². The lowest BCUT2D eigenvalue weighted by Crippen LogP contribution is -2.40. The number of amides is 1. The van der Waals surface area contributed by atoms with Crippen LogP contribution in [0.3, 0.4) is 0 Å². The number of carbonyl (C=O) groups is 1. The van der Waals surface area contributed by atoms with Crippen LogP contribution in [-0.4, -0.2) is 25.2 Å². The summed E-state index contributed by atoms with van der Waals surface area (Å²) in [5.74, 6) is -0.345. The number of nitrogens with zero attached hydrogens (tertiary/aromatic N) is 1. The molecule has 0 aliphatic rings. The van der Waals surface area contributed by atoms with Crippen molar-refractivity contribution < 1.29 is 13.2 Å². The van der Waals surface area contributed by atoms with E-state index in [2.05, 4.69) is 5.32 Å². The van der Waals surface area contributed by atoms with Crippen LogP contribution < -0.4 is 5.32 Å². The minimum Gasteiger partial charge on any atom is -0.351 e. The van der Waals surface area contributed by atoms with Gasteiger partial charge in [0.25, 0.3) is 0 Å². The molecule has 156 valence electrons. The first-order valence-electron chi connectivity index (χ1n) is 9.77. The number of hydrogen-bond donors (Lipinski definition) is 1. The molecule has 3 aromatic carbocycles. The summed E-state index contributed by atoms with van der Waals surface area (Å²) in [5, 5.41) is 2.81. The molecule has 30 heavy (non-hydrogen) atoms. The van der Waals surface area contributed by atoms with Crippen LogP contribution in [0.1, 0.15) is 22.3 Å². The molecule has 0 aliphatic heterocycles. The third kappa shape index (κ3) is 5.78. The van der Waals surface area contributed by atoms with Crippen molar-refractivity contribution in [3.8, 4) is 0 Å². The van der Waals surface area contributed by atoms with Gasteiger partial charge in [-0.05, 0) is 37.1 Å². The number of carbonyl (C=O) groups excluding carboxylic acids is 1. The molecule has 0 saturated carbocycles. The molecule has 3 aromatic rings. The first kappa shape index (κ1) is 21.7. The Hall–Kier alpha value is -2.96. The standard InChI is InChI=1S/C24H26N2O3S/c1-19-11-13-23(14-12-19)30(28,29)26(17-22-10-6-7-20(2)15-22)18-24(27)25-16-21-8-4-3-5-9-21/h3-15H,16-18H2,1-2H3,(H,25,27). The molecule has 0 aliphatic carbocycles. The van der Waals surface area contributed by atoms with Crippen molar-refractivity contribution in [3.63, 3.8) is 0 Å². The Bertz CT molecular complexity index is 1090. The van der Waals surface area contributed by atoms with Crippen LogP contribution in [0.5, 0.6) is 0 Å². The Labute approximate surface area is 178 Å². The second-order valence-electron chi connectivity index (χ2n) is 7.34. The normalized spacial score (nSPS) is 11.4. The highest BCUT2D eigenvalue weighted by molar-refractivity contribution is 7.89. The maximum Gasteiger partial charge on any atom is 0.243 e. The van der Waals surface area contributed by atoms with Gasteiger partial charge in [0, 0.05) is 13.1 Å². The van der Waals surface area contributed by atoms with Crippen molar-refractivity contribution in [3.05, 3.63) is 101 Å². The summed E-state index contributed by atoms with van der Waals surface area (Å²) in [6.07, 6.45) is 0. The van der Waals surface area contributed by atoms with Crippen molar-refractivity contribution in [1.82, 2.24) is 9.62 Å². The van der Waals surface area contributed by atoms with Crippen LogP contribution in [0.2, 0.25) is 0 Å². The Kier molecular flexibility index (Phi) is 7.03. The quantitative estimate of drug-likeness (QED) is 0.600. The number of hydrogen-bond acceptors (Lipinski definition) is 3.